The molecule has 82 valence electrons. The van der Waals surface area contributed by atoms with Crippen molar-refractivity contribution in [1.29, 1.82) is 0 Å². The average molecular weight is 217 g/mol. The molecule has 0 saturated carbocycles. The Morgan fingerprint density at radius 1 is 1.44 bits per heavy atom. The largest absolute Gasteiger partial charge is 0.382 e. The van der Waals surface area contributed by atoms with Crippen molar-refractivity contribution in [2.45, 2.75) is 6.92 Å². The van der Waals surface area contributed by atoms with Crippen molar-refractivity contribution in [3.63, 3.8) is 0 Å². The summed E-state index contributed by atoms with van der Waals surface area (Å²) in [4.78, 5) is 15.6. The van der Waals surface area contributed by atoms with E-state index < -0.39 is 0 Å². The van der Waals surface area contributed by atoms with Gasteiger partial charge in [0.25, 0.3) is 5.91 Å². The molecule has 4 N–H and O–H groups in total. The van der Waals surface area contributed by atoms with Crippen LogP contribution in [0.15, 0.2) is 24.5 Å². The van der Waals surface area contributed by atoms with Gasteiger partial charge in [-0.3, -0.25) is 14.9 Å². The van der Waals surface area contributed by atoms with E-state index >= 15 is 0 Å². The van der Waals surface area contributed by atoms with Gasteiger partial charge in [-0.1, -0.05) is 0 Å². The highest BCUT2D eigenvalue weighted by Crippen LogP contribution is 2.09. The first kappa shape index (κ1) is 10.2. The predicted molar refractivity (Wildman–Crippen MR) is 59.9 cm³/mol. The summed E-state index contributed by atoms with van der Waals surface area (Å²) in [6.45, 7) is 1.90. The summed E-state index contributed by atoms with van der Waals surface area (Å²) >= 11 is 0. The lowest BCUT2D eigenvalue weighted by Gasteiger charge is -2.03. The molecule has 2 aromatic heterocycles. The molecular formula is C10H11N5O. The minimum atomic E-state index is -0.295. The first-order valence-corrected chi connectivity index (χ1v) is 4.69. The lowest BCUT2D eigenvalue weighted by Crippen LogP contribution is -2.12. The molecule has 2 rings (SSSR count). The van der Waals surface area contributed by atoms with Crippen LogP contribution in [0.4, 0.5) is 11.5 Å². The van der Waals surface area contributed by atoms with Gasteiger partial charge in [0.05, 0.1) is 11.9 Å². The topological polar surface area (TPSA) is 96.7 Å². The fourth-order valence-electron chi connectivity index (χ4n) is 1.28. The van der Waals surface area contributed by atoms with Gasteiger partial charge in [0, 0.05) is 12.3 Å². The van der Waals surface area contributed by atoms with Crippen LogP contribution < -0.4 is 11.1 Å². The lowest BCUT2D eigenvalue weighted by molar-refractivity contribution is 0.102. The maximum Gasteiger partial charge on any atom is 0.273 e. The van der Waals surface area contributed by atoms with E-state index in [-0.39, 0.29) is 11.7 Å². The first-order valence-electron chi connectivity index (χ1n) is 4.69. The molecule has 1 amide bonds. The molecule has 0 bridgehead atoms. The van der Waals surface area contributed by atoms with E-state index in [0.717, 1.165) is 5.56 Å². The SMILES string of the molecule is Cc1cncc(NC(=O)c2cc(N)n[nH]2)c1. The second-order valence-corrected chi connectivity index (χ2v) is 3.41. The second-order valence-electron chi connectivity index (χ2n) is 3.41. The Morgan fingerprint density at radius 2 is 2.25 bits per heavy atom. The number of nitrogens with two attached hydrogens (primary N) is 1. The number of aromatic amines is 1. The molecule has 0 aromatic carbocycles. The summed E-state index contributed by atoms with van der Waals surface area (Å²) in [6, 6.07) is 3.29. The Morgan fingerprint density at radius 3 is 2.88 bits per heavy atom. The lowest BCUT2D eigenvalue weighted by atomic mass is 10.3. The van der Waals surface area contributed by atoms with E-state index in [4.69, 9.17) is 5.73 Å². The van der Waals surface area contributed by atoms with Crippen LogP contribution in [0.2, 0.25) is 0 Å². The number of nitrogen functional groups attached to an aromatic ring is 1. The van der Waals surface area contributed by atoms with Crippen LogP contribution in [0.1, 0.15) is 16.1 Å². The van der Waals surface area contributed by atoms with Gasteiger partial charge in [0.15, 0.2) is 0 Å². The number of aryl methyl sites for hydroxylation is 1. The highest BCUT2D eigenvalue weighted by molar-refractivity contribution is 6.03. The number of aromatic nitrogens is 3. The zero-order chi connectivity index (χ0) is 11.5. The van der Waals surface area contributed by atoms with Crippen molar-refractivity contribution in [1.82, 2.24) is 15.2 Å². The maximum absolute atomic E-state index is 11.7. The highest BCUT2D eigenvalue weighted by Gasteiger charge is 2.08. The van der Waals surface area contributed by atoms with Crippen molar-refractivity contribution in [2.75, 3.05) is 11.1 Å². The second kappa shape index (κ2) is 4.01. The number of anilines is 2. The predicted octanol–water partition coefficient (Wildman–Crippen LogP) is 0.948. The van der Waals surface area contributed by atoms with Crippen LogP contribution in [0.3, 0.4) is 0 Å². The number of hydrogen-bond acceptors (Lipinski definition) is 4. The van der Waals surface area contributed by atoms with Gasteiger partial charge in [-0.15, -0.1) is 0 Å². The number of nitrogens with one attached hydrogen (secondary N) is 2. The summed E-state index contributed by atoms with van der Waals surface area (Å²) in [5.74, 6) is -0.0101. The number of carbonyl (C=O) groups is 1. The fraction of sp³-hybridized carbons (Fsp3) is 0.100. The average Bonchev–Trinajstić information content (AvgIpc) is 2.65. The summed E-state index contributed by atoms with van der Waals surface area (Å²) < 4.78 is 0. The quantitative estimate of drug-likeness (QED) is 0.697. The third-order valence-corrected chi connectivity index (χ3v) is 1.98. The zero-order valence-electron chi connectivity index (χ0n) is 8.69. The number of amides is 1. The number of nitrogens with zero attached hydrogens (tertiary/aromatic N) is 2. The van der Waals surface area contributed by atoms with Crippen LogP contribution in [-0.4, -0.2) is 21.1 Å². The Bertz CT molecular complexity index is 519. The van der Waals surface area contributed by atoms with E-state index in [1.54, 1.807) is 12.4 Å². The van der Waals surface area contributed by atoms with Gasteiger partial charge in [-0.2, -0.15) is 5.10 Å². The van der Waals surface area contributed by atoms with Gasteiger partial charge >= 0.3 is 0 Å². The number of hydrogen-bond donors (Lipinski definition) is 3. The van der Waals surface area contributed by atoms with E-state index in [1.165, 1.54) is 6.07 Å². The highest BCUT2D eigenvalue weighted by atomic mass is 16.1. The van der Waals surface area contributed by atoms with Crippen molar-refractivity contribution in [3.05, 3.63) is 35.8 Å². The van der Waals surface area contributed by atoms with E-state index in [9.17, 15) is 4.79 Å². The van der Waals surface area contributed by atoms with Gasteiger partial charge in [-0.05, 0) is 18.6 Å². The number of carbonyl (C=O) groups excluding carboxylic acids is 1. The smallest absolute Gasteiger partial charge is 0.273 e. The first-order chi connectivity index (χ1) is 7.65. The van der Waals surface area contributed by atoms with Crippen LogP contribution >= 0.6 is 0 Å². The monoisotopic (exact) mass is 217 g/mol. The molecular weight excluding hydrogens is 206 g/mol. The van der Waals surface area contributed by atoms with E-state index in [2.05, 4.69) is 20.5 Å². The Hall–Kier alpha value is -2.37. The van der Waals surface area contributed by atoms with Gasteiger partial charge in [-0.25, -0.2) is 0 Å². The zero-order valence-corrected chi connectivity index (χ0v) is 8.69. The summed E-state index contributed by atoms with van der Waals surface area (Å²) in [6.07, 6.45) is 3.29. The Balaban J connectivity index is 2.13. The normalized spacial score (nSPS) is 10.1. The van der Waals surface area contributed by atoms with Crippen molar-refractivity contribution >= 4 is 17.4 Å². The molecule has 0 fully saturated rings. The molecule has 0 aliphatic carbocycles. The molecule has 0 unspecified atom stereocenters. The molecule has 0 saturated heterocycles. The Kier molecular flexibility index (Phi) is 2.55. The molecule has 0 atom stereocenters. The van der Waals surface area contributed by atoms with Crippen molar-refractivity contribution in [2.24, 2.45) is 0 Å². The molecule has 2 heterocycles. The van der Waals surface area contributed by atoms with E-state index in [1.807, 2.05) is 13.0 Å². The summed E-state index contributed by atoms with van der Waals surface area (Å²) in [5, 5.41) is 8.89. The molecule has 0 aliphatic rings. The fourth-order valence-corrected chi connectivity index (χ4v) is 1.28. The number of H-pyrrole nitrogens is 1. The molecule has 6 heteroatoms. The van der Waals surface area contributed by atoms with Crippen LogP contribution in [0.25, 0.3) is 0 Å². The standard InChI is InChI=1S/C10H11N5O/c1-6-2-7(5-12-4-6)13-10(16)8-3-9(11)15-14-8/h2-5H,1H3,(H,13,16)(H3,11,14,15). The minimum absolute atomic E-state index is 0.285. The summed E-state index contributed by atoms with van der Waals surface area (Å²) in [5.41, 5.74) is 7.33. The van der Waals surface area contributed by atoms with E-state index in [0.29, 0.717) is 11.4 Å². The molecule has 0 aliphatic heterocycles. The van der Waals surface area contributed by atoms with Gasteiger partial charge in [0.1, 0.15) is 11.5 Å². The Labute approximate surface area is 91.9 Å². The van der Waals surface area contributed by atoms with Gasteiger partial charge in [0.2, 0.25) is 0 Å². The summed E-state index contributed by atoms with van der Waals surface area (Å²) in [7, 11) is 0. The van der Waals surface area contributed by atoms with Crippen molar-refractivity contribution in [3.8, 4) is 0 Å². The molecule has 0 spiro atoms. The van der Waals surface area contributed by atoms with Crippen molar-refractivity contribution < 1.29 is 4.79 Å². The third kappa shape index (κ3) is 2.17. The third-order valence-electron chi connectivity index (χ3n) is 1.98. The van der Waals surface area contributed by atoms with Crippen LogP contribution in [0.5, 0.6) is 0 Å². The van der Waals surface area contributed by atoms with Gasteiger partial charge < -0.3 is 11.1 Å². The van der Waals surface area contributed by atoms with Crippen LogP contribution in [-0.2, 0) is 0 Å². The molecule has 2 aromatic rings. The number of rotatable bonds is 2. The van der Waals surface area contributed by atoms with Crippen LogP contribution in [0, 0.1) is 6.92 Å². The molecule has 16 heavy (non-hydrogen) atoms. The minimum Gasteiger partial charge on any atom is -0.382 e. The maximum atomic E-state index is 11.7. The molecule has 6 nitrogen and oxygen atoms in total. The molecule has 0 radical (unpaired) electrons. The number of pyridine rings is 1.